The van der Waals surface area contributed by atoms with Gasteiger partial charge in [-0.15, -0.1) is 0 Å². The van der Waals surface area contributed by atoms with Crippen molar-refractivity contribution in [3.63, 3.8) is 0 Å². The number of benzene rings is 1. The van der Waals surface area contributed by atoms with Crippen LogP contribution in [0.15, 0.2) is 31.4 Å². The molecule has 0 aliphatic heterocycles. The summed E-state index contributed by atoms with van der Waals surface area (Å²) >= 11 is 0. The summed E-state index contributed by atoms with van der Waals surface area (Å²) in [5.41, 5.74) is 8.67. The van der Waals surface area contributed by atoms with Crippen LogP contribution in [0.1, 0.15) is 16.7 Å². The van der Waals surface area contributed by atoms with E-state index < -0.39 is 11.6 Å². The van der Waals surface area contributed by atoms with Crippen LogP contribution < -0.4 is 16.4 Å². The van der Waals surface area contributed by atoms with Gasteiger partial charge in [0.25, 0.3) is 0 Å². The van der Waals surface area contributed by atoms with E-state index in [0.717, 1.165) is 0 Å². The van der Waals surface area contributed by atoms with Gasteiger partial charge in [0.15, 0.2) is 11.6 Å². The van der Waals surface area contributed by atoms with E-state index in [4.69, 9.17) is 5.73 Å². The average molecular weight is 359 g/mol. The summed E-state index contributed by atoms with van der Waals surface area (Å²) in [6.45, 7) is 9.49. The van der Waals surface area contributed by atoms with Crippen LogP contribution in [0.3, 0.4) is 0 Å². The van der Waals surface area contributed by atoms with Crippen LogP contribution in [-0.2, 0) is 0 Å². The smallest absolute Gasteiger partial charge is 0.166 e. The molecular weight excluding hydrogens is 336 g/mol. The normalized spacial score (nSPS) is 10.4. The lowest BCUT2D eigenvalue weighted by molar-refractivity contribution is 0.587. The molecule has 0 amide bonds. The molecule has 0 saturated heterocycles. The van der Waals surface area contributed by atoms with Gasteiger partial charge < -0.3 is 21.3 Å². The molecule has 1 aromatic carbocycles. The second-order valence-corrected chi connectivity index (χ2v) is 6.08. The standard InChI is InChI=1S/C19H23F2N5/c1-10-14(12(3)26(5)6)7-13(8-16(10)20)24-19-15(11(2)23-4)9-17(21)18(22)25-19/h7-9,23H,2-3H2,1,4-6H3,(H3,22,24,25). The van der Waals surface area contributed by atoms with Gasteiger partial charge in [-0.2, -0.15) is 0 Å². The zero-order valence-corrected chi connectivity index (χ0v) is 15.4. The van der Waals surface area contributed by atoms with Gasteiger partial charge in [0.2, 0.25) is 0 Å². The lowest BCUT2D eigenvalue weighted by atomic mass is 10.0. The van der Waals surface area contributed by atoms with E-state index in [2.05, 4.69) is 28.8 Å². The number of hydrogen-bond donors (Lipinski definition) is 3. The van der Waals surface area contributed by atoms with Crippen LogP contribution >= 0.6 is 0 Å². The van der Waals surface area contributed by atoms with Gasteiger partial charge in [-0.3, -0.25) is 0 Å². The minimum Gasteiger partial charge on any atom is -0.388 e. The van der Waals surface area contributed by atoms with E-state index in [1.165, 1.54) is 12.1 Å². The summed E-state index contributed by atoms with van der Waals surface area (Å²) in [6, 6.07) is 4.33. The first-order valence-electron chi connectivity index (χ1n) is 7.92. The van der Waals surface area contributed by atoms with Gasteiger partial charge in [-0.05, 0) is 30.7 Å². The monoisotopic (exact) mass is 359 g/mol. The summed E-state index contributed by atoms with van der Waals surface area (Å²) < 4.78 is 28.2. The molecule has 7 heteroatoms. The minimum absolute atomic E-state index is 0.259. The molecule has 0 bridgehead atoms. The lowest BCUT2D eigenvalue weighted by Gasteiger charge is -2.20. The highest BCUT2D eigenvalue weighted by Crippen LogP contribution is 2.30. The van der Waals surface area contributed by atoms with Crippen LogP contribution in [0.4, 0.5) is 26.1 Å². The number of nitrogens with one attached hydrogen (secondary N) is 2. The first-order valence-corrected chi connectivity index (χ1v) is 7.92. The molecule has 1 aromatic heterocycles. The van der Waals surface area contributed by atoms with Crippen molar-refractivity contribution in [1.82, 2.24) is 15.2 Å². The van der Waals surface area contributed by atoms with Gasteiger partial charge >= 0.3 is 0 Å². The molecule has 26 heavy (non-hydrogen) atoms. The number of nitrogens with two attached hydrogens (primary N) is 1. The number of pyridine rings is 1. The zero-order chi connectivity index (χ0) is 19.6. The van der Waals surface area contributed by atoms with Crippen LogP contribution in [0.5, 0.6) is 0 Å². The van der Waals surface area contributed by atoms with Gasteiger partial charge in [0.05, 0.1) is 0 Å². The van der Waals surface area contributed by atoms with E-state index in [1.54, 1.807) is 24.9 Å². The third-order valence-corrected chi connectivity index (χ3v) is 4.09. The fourth-order valence-electron chi connectivity index (χ4n) is 2.39. The Labute approximate surface area is 152 Å². The summed E-state index contributed by atoms with van der Waals surface area (Å²) in [4.78, 5) is 5.83. The predicted molar refractivity (Wildman–Crippen MR) is 104 cm³/mol. The number of aromatic nitrogens is 1. The molecule has 138 valence electrons. The van der Waals surface area contributed by atoms with Crippen molar-refractivity contribution >= 4 is 28.7 Å². The molecule has 0 aliphatic rings. The topological polar surface area (TPSA) is 66.2 Å². The predicted octanol–water partition coefficient (Wildman–Crippen LogP) is 3.72. The maximum atomic E-state index is 14.4. The van der Waals surface area contributed by atoms with Gasteiger partial charge in [0, 0.05) is 49.4 Å². The third kappa shape index (κ3) is 3.77. The molecule has 5 nitrogen and oxygen atoms in total. The Morgan fingerprint density at radius 2 is 1.77 bits per heavy atom. The van der Waals surface area contributed by atoms with E-state index in [1.807, 2.05) is 14.1 Å². The van der Waals surface area contributed by atoms with Crippen molar-refractivity contribution in [1.29, 1.82) is 0 Å². The summed E-state index contributed by atoms with van der Waals surface area (Å²) in [5, 5.41) is 5.84. The summed E-state index contributed by atoms with van der Waals surface area (Å²) in [5.74, 6) is -1.03. The summed E-state index contributed by atoms with van der Waals surface area (Å²) in [6.07, 6.45) is 0. The highest BCUT2D eigenvalue weighted by atomic mass is 19.1. The molecule has 0 unspecified atom stereocenters. The molecular formula is C19H23F2N5. The molecule has 0 fully saturated rings. The van der Waals surface area contributed by atoms with Gasteiger partial charge in [-0.25, -0.2) is 13.8 Å². The molecule has 0 radical (unpaired) electrons. The van der Waals surface area contributed by atoms with Crippen molar-refractivity contribution in [2.24, 2.45) is 0 Å². The van der Waals surface area contributed by atoms with Crippen molar-refractivity contribution in [3.05, 3.63) is 59.7 Å². The number of rotatable bonds is 6. The van der Waals surface area contributed by atoms with Crippen LogP contribution in [0, 0.1) is 18.6 Å². The van der Waals surface area contributed by atoms with Crippen LogP contribution in [-0.4, -0.2) is 31.0 Å². The Kier molecular flexibility index (Phi) is 5.50. The third-order valence-electron chi connectivity index (χ3n) is 4.09. The van der Waals surface area contributed by atoms with E-state index >= 15 is 0 Å². The maximum Gasteiger partial charge on any atom is 0.166 e. The van der Waals surface area contributed by atoms with Gasteiger partial charge in [0.1, 0.15) is 11.6 Å². The number of anilines is 3. The molecule has 1 heterocycles. The lowest BCUT2D eigenvalue weighted by Crippen LogP contribution is -2.12. The zero-order valence-electron chi connectivity index (χ0n) is 15.4. The molecule has 4 N–H and O–H groups in total. The Morgan fingerprint density at radius 1 is 1.12 bits per heavy atom. The molecule has 2 aromatic rings. The number of halogens is 2. The van der Waals surface area contributed by atoms with Gasteiger partial charge in [-0.1, -0.05) is 13.2 Å². The Bertz CT molecular complexity index is 875. The van der Waals surface area contributed by atoms with Crippen molar-refractivity contribution in [2.45, 2.75) is 6.92 Å². The van der Waals surface area contributed by atoms with Crippen LogP contribution in [0.2, 0.25) is 0 Å². The molecule has 0 saturated carbocycles. The SMILES string of the molecule is C=C(NC)c1cc(F)c(N)nc1Nc1cc(F)c(C)c(C(=C)N(C)C)c1. The van der Waals surface area contributed by atoms with E-state index in [-0.39, 0.29) is 11.6 Å². The highest BCUT2D eigenvalue weighted by molar-refractivity contribution is 5.77. The van der Waals surface area contributed by atoms with Crippen LogP contribution in [0.25, 0.3) is 11.4 Å². The van der Waals surface area contributed by atoms with Crippen molar-refractivity contribution in [3.8, 4) is 0 Å². The highest BCUT2D eigenvalue weighted by Gasteiger charge is 2.15. The second-order valence-electron chi connectivity index (χ2n) is 6.08. The van der Waals surface area contributed by atoms with E-state index in [9.17, 15) is 8.78 Å². The molecule has 0 spiro atoms. The Morgan fingerprint density at radius 3 is 2.35 bits per heavy atom. The first-order chi connectivity index (χ1) is 12.1. The number of hydrogen-bond acceptors (Lipinski definition) is 5. The fraction of sp³-hybridized carbons (Fsp3) is 0.211. The Hall–Kier alpha value is -3.09. The average Bonchev–Trinajstić information content (AvgIpc) is 2.59. The van der Waals surface area contributed by atoms with Crippen molar-refractivity contribution in [2.75, 3.05) is 32.2 Å². The number of nitrogen functional groups attached to an aromatic ring is 1. The summed E-state index contributed by atoms with van der Waals surface area (Å²) in [7, 11) is 5.32. The Balaban J connectivity index is 2.54. The minimum atomic E-state index is -0.654. The maximum absolute atomic E-state index is 14.4. The van der Waals surface area contributed by atoms with E-state index in [0.29, 0.717) is 33.8 Å². The largest absolute Gasteiger partial charge is 0.388 e. The molecule has 0 aliphatic carbocycles. The quantitative estimate of drug-likeness (QED) is 0.734. The van der Waals surface area contributed by atoms with Crippen molar-refractivity contribution < 1.29 is 8.78 Å². The molecule has 2 rings (SSSR count). The fourth-order valence-corrected chi connectivity index (χ4v) is 2.39. The molecule has 0 atom stereocenters. The number of nitrogens with zero attached hydrogens (tertiary/aromatic N) is 2. The first kappa shape index (κ1) is 19.2. The second kappa shape index (κ2) is 7.43.